The van der Waals surface area contributed by atoms with Crippen molar-refractivity contribution in [2.75, 3.05) is 0 Å². The zero-order valence-electron chi connectivity index (χ0n) is 13.4. The molecule has 0 unspecified atom stereocenters. The standard InChI is InChI=1S/C16H14BrN5O2S/c1-9-3-5-11(6-4-9)22-10(2)14(18-21-22)16(24)20-19-15(23)12-7-8-13(17)25-12/h3-8H,1-2H3,(H,19,23)(H,20,24). The van der Waals surface area contributed by atoms with Crippen molar-refractivity contribution in [1.82, 2.24) is 25.8 Å². The molecule has 7 nitrogen and oxygen atoms in total. The summed E-state index contributed by atoms with van der Waals surface area (Å²) in [4.78, 5) is 24.7. The summed E-state index contributed by atoms with van der Waals surface area (Å²) in [5, 5.41) is 7.93. The van der Waals surface area contributed by atoms with Crippen LogP contribution in [-0.2, 0) is 0 Å². The second kappa shape index (κ2) is 7.16. The smallest absolute Gasteiger partial charge is 0.266 e. The van der Waals surface area contributed by atoms with Gasteiger partial charge >= 0.3 is 0 Å². The van der Waals surface area contributed by atoms with E-state index in [1.54, 1.807) is 23.7 Å². The lowest BCUT2D eigenvalue weighted by atomic mass is 10.2. The Morgan fingerprint density at radius 3 is 2.36 bits per heavy atom. The van der Waals surface area contributed by atoms with Gasteiger partial charge in [-0.25, -0.2) is 4.68 Å². The minimum atomic E-state index is -0.528. The summed E-state index contributed by atoms with van der Waals surface area (Å²) in [6.07, 6.45) is 0. The highest BCUT2D eigenvalue weighted by Gasteiger charge is 2.18. The molecule has 0 bridgehead atoms. The van der Waals surface area contributed by atoms with Gasteiger partial charge in [-0.3, -0.25) is 20.4 Å². The van der Waals surface area contributed by atoms with Crippen molar-refractivity contribution in [3.63, 3.8) is 0 Å². The Balaban J connectivity index is 1.70. The van der Waals surface area contributed by atoms with Gasteiger partial charge in [0.25, 0.3) is 11.8 Å². The Morgan fingerprint density at radius 1 is 1.04 bits per heavy atom. The van der Waals surface area contributed by atoms with Crippen LogP contribution in [0.5, 0.6) is 0 Å². The van der Waals surface area contributed by atoms with Gasteiger partial charge in [-0.2, -0.15) is 0 Å². The topological polar surface area (TPSA) is 88.9 Å². The number of amides is 2. The summed E-state index contributed by atoms with van der Waals surface area (Å²) in [6, 6.07) is 11.1. The van der Waals surface area contributed by atoms with E-state index in [0.29, 0.717) is 10.6 Å². The molecular weight excluding hydrogens is 406 g/mol. The van der Waals surface area contributed by atoms with Crippen LogP contribution in [0.25, 0.3) is 5.69 Å². The second-order valence-electron chi connectivity index (χ2n) is 5.28. The molecule has 3 aromatic rings. The van der Waals surface area contributed by atoms with Crippen LogP contribution in [0.2, 0.25) is 0 Å². The summed E-state index contributed by atoms with van der Waals surface area (Å²) in [5.41, 5.74) is 7.39. The third-order valence-electron chi connectivity index (χ3n) is 3.47. The van der Waals surface area contributed by atoms with Crippen molar-refractivity contribution >= 4 is 39.1 Å². The number of nitrogens with zero attached hydrogens (tertiary/aromatic N) is 3. The van der Waals surface area contributed by atoms with Gasteiger partial charge in [0.2, 0.25) is 0 Å². The van der Waals surface area contributed by atoms with Crippen molar-refractivity contribution in [1.29, 1.82) is 0 Å². The zero-order chi connectivity index (χ0) is 18.0. The number of aromatic nitrogens is 3. The van der Waals surface area contributed by atoms with Gasteiger partial charge in [-0.05, 0) is 54.0 Å². The van der Waals surface area contributed by atoms with E-state index in [0.717, 1.165) is 15.0 Å². The minimum absolute atomic E-state index is 0.147. The Kier molecular flexibility index (Phi) is 4.95. The number of thiophene rings is 1. The molecule has 2 aromatic heterocycles. The summed E-state index contributed by atoms with van der Waals surface area (Å²) in [5.74, 6) is -0.924. The predicted octanol–water partition coefficient (Wildman–Crippen LogP) is 2.78. The van der Waals surface area contributed by atoms with E-state index in [9.17, 15) is 9.59 Å². The maximum absolute atomic E-state index is 12.3. The predicted molar refractivity (Wildman–Crippen MR) is 97.8 cm³/mol. The molecule has 0 saturated carbocycles. The molecule has 2 heterocycles. The van der Waals surface area contributed by atoms with Crippen LogP contribution in [0.3, 0.4) is 0 Å². The number of carbonyl (C=O) groups excluding carboxylic acids is 2. The molecule has 0 spiro atoms. The Morgan fingerprint density at radius 2 is 1.72 bits per heavy atom. The summed E-state index contributed by atoms with van der Waals surface area (Å²) in [7, 11) is 0. The fourth-order valence-corrected chi connectivity index (χ4v) is 3.42. The molecule has 0 aliphatic rings. The lowest BCUT2D eigenvalue weighted by Gasteiger charge is -2.06. The molecule has 2 N–H and O–H groups in total. The van der Waals surface area contributed by atoms with Crippen molar-refractivity contribution in [3.8, 4) is 5.69 Å². The number of benzene rings is 1. The first-order valence-electron chi connectivity index (χ1n) is 7.31. The van der Waals surface area contributed by atoms with Crippen molar-refractivity contribution in [2.45, 2.75) is 13.8 Å². The average Bonchev–Trinajstić information content (AvgIpc) is 3.19. The largest absolute Gasteiger partial charge is 0.292 e. The van der Waals surface area contributed by atoms with Crippen LogP contribution < -0.4 is 10.9 Å². The van der Waals surface area contributed by atoms with Gasteiger partial charge in [0.15, 0.2) is 5.69 Å². The highest BCUT2D eigenvalue weighted by Crippen LogP contribution is 2.21. The summed E-state index contributed by atoms with van der Waals surface area (Å²) in [6.45, 7) is 3.73. The van der Waals surface area contributed by atoms with Crippen LogP contribution in [0.15, 0.2) is 40.2 Å². The molecule has 0 radical (unpaired) electrons. The molecule has 2 amide bonds. The molecule has 1 aromatic carbocycles. The van der Waals surface area contributed by atoms with Gasteiger partial charge in [0, 0.05) is 0 Å². The third-order valence-corrected chi connectivity index (χ3v) is 5.10. The highest BCUT2D eigenvalue weighted by atomic mass is 79.9. The van der Waals surface area contributed by atoms with E-state index in [1.165, 1.54) is 11.3 Å². The first-order chi connectivity index (χ1) is 12.0. The molecule has 3 rings (SSSR count). The van der Waals surface area contributed by atoms with Crippen LogP contribution in [0.1, 0.15) is 31.4 Å². The van der Waals surface area contributed by atoms with Gasteiger partial charge in [0.05, 0.1) is 20.0 Å². The van der Waals surface area contributed by atoms with E-state index in [2.05, 4.69) is 37.1 Å². The maximum atomic E-state index is 12.3. The number of halogens is 1. The SMILES string of the molecule is Cc1ccc(-n2nnc(C(=O)NNC(=O)c3ccc(Br)s3)c2C)cc1. The number of nitrogens with one attached hydrogen (secondary N) is 2. The Bertz CT molecular complexity index is 932. The monoisotopic (exact) mass is 419 g/mol. The van der Waals surface area contributed by atoms with E-state index >= 15 is 0 Å². The molecule has 0 atom stereocenters. The third kappa shape index (κ3) is 3.77. The van der Waals surface area contributed by atoms with Crippen LogP contribution in [0, 0.1) is 13.8 Å². The molecular formula is C16H14BrN5O2S. The Labute approximate surface area is 156 Å². The van der Waals surface area contributed by atoms with Crippen molar-refractivity contribution in [2.24, 2.45) is 0 Å². The highest BCUT2D eigenvalue weighted by molar-refractivity contribution is 9.11. The van der Waals surface area contributed by atoms with E-state index in [-0.39, 0.29) is 5.69 Å². The molecule has 0 aliphatic carbocycles. The first kappa shape index (κ1) is 17.3. The lowest BCUT2D eigenvalue weighted by molar-refractivity contribution is 0.0845. The summed E-state index contributed by atoms with van der Waals surface area (Å²) >= 11 is 4.56. The molecule has 25 heavy (non-hydrogen) atoms. The van der Waals surface area contributed by atoms with E-state index in [4.69, 9.17) is 0 Å². The fraction of sp³-hybridized carbons (Fsp3) is 0.125. The van der Waals surface area contributed by atoms with Crippen molar-refractivity contribution in [3.05, 3.63) is 62.0 Å². The molecule has 0 saturated heterocycles. The lowest BCUT2D eigenvalue weighted by Crippen LogP contribution is -2.41. The van der Waals surface area contributed by atoms with Crippen LogP contribution in [0.4, 0.5) is 0 Å². The molecule has 9 heteroatoms. The van der Waals surface area contributed by atoms with E-state index in [1.807, 2.05) is 31.2 Å². The molecule has 0 fully saturated rings. The molecule has 0 aliphatic heterocycles. The molecule has 128 valence electrons. The average molecular weight is 420 g/mol. The normalized spacial score (nSPS) is 10.5. The van der Waals surface area contributed by atoms with Crippen molar-refractivity contribution < 1.29 is 9.59 Å². The van der Waals surface area contributed by atoms with Crippen LogP contribution in [-0.4, -0.2) is 26.8 Å². The van der Waals surface area contributed by atoms with Gasteiger partial charge in [-0.1, -0.05) is 22.9 Å². The summed E-state index contributed by atoms with van der Waals surface area (Å²) < 4.78 is 2.41. The number of rotatable bonds is 3. The minimum Gasteiger partial charge on any atom is -0.266 e. The first-order valence-corrected chi connectivity index (χ1v) is 8.92. The number of hydrogen-bond acceptors (Lipinski definition) is 5. The number of hydrazine groups is 1. The fourth-order valence-electron chi connectivity index (χ4n) is 2.14. The number of aryl methyl sites for hydroxylation is 1. The Hall–Kier alpha value is -2.52. The maximum Gasteiger partial charge on any atom is 0.292 e. The quantitative estimate of drug-likeness (QED) is 0.638. The number of hydrogen-bond donors (Lipinski definition) is 2. The van der Waals surface area contributed by atoms with Gasteiger partial charge in [-0.15, -0.1) is 16.4 Å². The van der Waals surface area contributed by atoms with Gasteiger partial charge < -0.3 is 0 Å². The van der Waals surface area contributed by atoms with Crippen LogP contribution >= 0.6 is 27.3 Å². The zero-order valence-corrected chi connectivity index (χ0v) is 15.8. The van der Waals surface area contributed by atoms with E-state index < -0.39 is 11.8 Å². The second-order valence-corrected chi connectivity index (χ2v) is 7.75. The van der Waals surface area contributed by atoms with Gasteiger partial charge in [0.1, 0.15) is 0 Å². The number of carbonyl (C=O) groups is 2.